The predicted octanol–water partition coefficient (Wildman–Crippen LogP) is 2.51. The quantitative estimate of drug-likeness (QED) is 0.828. The summed E-state index contributed by atoms with van der Waals surface area (Å²) >= 11 is 0. The maximum Gasteiger partial charge on any atom is 0.322 e. The fraction of sp³-hybridized carbons (Fsp3) is 0.381. The van der Waals surface area contributed by atoms with Crippen LogP contribution in [0, 0.1) is 0 Å². The average molecular weight is 354 g/mol. The lowest BCUT2D eigenvalue weighted by molar-refractivity contribution is -0.145. The van der Waals surface area contributed by atoms with Gasteiger partial charge in [0.05, 0.1) is 6.61 Å². The number of carboxylic acid groups (broad SMARTS) is 1. The van der Waals surface area contributed by atoms with Crippen molar-refractivity contribution < 1.29 is 14.6 Å². The van der Waals surface area contributed by atoms with Crippen LogP contribution in [0.1, 0.15) is 11.1 Å². The molecule has 2 aromatic carbocycles. The highest BCUT2D eigenvalue weighted by molar-refractivity contribution is 5.73. The number of likely N-dealkylation sites (N-methyl/N-ethyl adjacent to an activating group) is 1. The lowest BCUT2D eigenvalue weighted by Gasteiger charge is -2.37. The van der Waals surface area contributed by atoms with Crippen LogP contribution in [-0.4, -0.2) is 60.2 Å². The van der Waals surface area contributed by atoms with E-state index in [-0.39, 0.29) is 0 Å². The zero-order chi connectivity index (χ0) is 18.4. The Morgan fingerprint density at radius 2 is 1.81 bits per heavy atom. The van der Waals surface area contributed by atoms with Crippen molar-refractivity contribution in [2.45, 2.75) is 19.0 Å². The van der Waals surface area contributed by atoms with Gasteiger partial charge in [-0.3, -0.25) is 14.6 Å². The van der Waals surface area contributed by atoms with Crippen LogP contribution < -0.4 is 4.74 Å². The van der Waals surface area contributed by atoms with Crippen LogP contribution in [0.15, 0.2) is 54.6 Å². The van der Waals surface area contributed by atoms with E-state index in [0.717, 1.165) is 31.8 Å². The Kier molecular flexibility index (Phi) is 6.26. The topological polar surface area (TPSA) is 53.0 Å². The third kappa shape index (κ3) is 5.07. The molecular formula is C21H26N2O3. The summed E-state index contributed by atoms with van der Waals surface area (Å²) in [6.45, 7) is 3.64. The minimum atomic E-state index is -0.751. The van der Waals surface area contributed by atoms with Crippen molar-refractivity contribution in [2.24, 2.45) is 0 Å². The molecule has 5 heteroatoms. The number of benzene rings is 2. The molecule has 1 aliphatic heterocycles. The van der Waals surface area contributed by atoms with E-state index in [1.807, 2.05) is 42.3 Å². The minimum absolute atomic E-state index is 0.427. The van der Waals surface area contributed by atoms with E-state index in [4.69, 9.17) is 4.74 Å². The van der Waals surface area contributed by atoms with Crippen molar-refractivity contribution in [3.05, 3.63) is 65.7 Å². The molecule has 0 bridgehead atoms. The van der Waals surface area contributed by atoms with Gasteiger partial charge in [0.2, 0.25) is 0 Å². The van der Waals surface area contributed by atoms with E-state index in [9.17, 15) is 9.90 Å². The Morgan fingerprint density at radius 1 is 1.08 bits per heavy atom. The highest BCUT2D eigenvalue weighted by Crippen LogP contribution is 2.16. The summed E-state index contributed by atoms with van der Waals surface area (Å²) < 4.78 is 5.82. The first-order valence-corrected chi connectivity index (χ1v) is 9.03. The van der Waals surface area contributed by atoms with Crippen LogP contribution in [0.2, 0.25) is 0 Å². The Labute approximate surface area is 154 Å². The van der Waals surface area contributed by atoms with Crippen molar-refractivity contribution >= 4 is 5.97 Å². The number of hydrogen-bond acceptors (Lipinski definition) is 4. The average Bonchev–Trinajstić information content (AvgIpc) is 2.65. The number of ether oxygens (including phenoxy) is 1. The van der Waals surface area contributed by atoms with Crippen LogP contribution >= 0.6 is 0 Å². The first-order valence-electron chi connectivity index (χ1n) is 9.03. The van der Waals surface area contributed by atoms with E-state index in [0.29, 0.717) is 13.2 Å². The van der Waals surface area contributed by atoms with Crippen LogP contribution in [-0.2, 0) is 17.8 Å². The highest BCUT2D eigenvalue weighted by Gasteiger charge is 2.29. The molecule has 0 aromatic heterocycles. The van der Waals surface area contributed by atoms with Crippen LogP contribution in [0.4, 0.5) is 0 Å². The summed E-state index contributed by atoms with van der Waals surface area (Å²) in [7, 11) is 1.87. The Hall–Kier alpha value is -2.37. The molecule has 2 aromatic rings. The molecule has 0 amide bonds. The van der Waals surface area contributed by atoms with Gasteiger partial charge in [-0.15, -0.1) is 0 Å². The molecule has 26 heavy (non-hydrogen) atoms. The van der Waals surface area contributed by atoms with E-state index in [1.165, 1.54) is 11.1 Å². The SMILES string of the molecule is CN1CCN(Cc2ccc(OCCc3ccccc3)cc2)C[C@@H]1C(=O)O. The van der Waals surface area contributed by atoms with Crippen molar-refractivity contribution in [3.8, 4) is 5.75 Å². The Balaban J connectivity index is 1.47. The van der Waals surface area contributed by atoms with Gasteiger partial charge in [0, 0.05) is 32.6 Å². The molecule has 1 saturated heterocycles. The maximum atomic E-state index is 11.3. The van der Waals surface area contributed by atoms with Gasteiger partial charge >= 0.3 is 5.97 Å². The van der Waals surface area contributed by atoms with Gasteiger partial charge in [0.1, 0.15) is 11.8 Å². The van der Waals surface area contributed by atoms with Gasteiger partial charge in [0.25, 0.3) is 0 Å². The van der Waals surface area contributed by atoms with Crippen molar-refractivity contribution in [2.75, 3.05) is 33.3 Å². The molecule has 0 radical (unpaired) electrons. The van der Waals surface area contributed by atoms with Gasteiger partial charge < -0.3 is 9.84 Å². The third-order valence-corrected chi connectivity index (χ3v) is 4.85. The van der Waals surface area contributed by atoms with Crippen molar-refractivity contribution in [1.29, 1.82) is 0 Å². The summed E-state index contributed by atoms with van der Waals surface area (Å²) in [5.41, 5.74) is 2.45. The number of carboxylic acids is 1. The molecule has 138 valence electrons. The van der Waals surface area contributed by atoms with Crippen molar-refractivity contribution in [3.63, 3.8) is 0 Å². The Bertz CT molecular complexity index is 703. The fourth-order valence-electron chi connectivity index (χ4n) is 3.22. The summed E-state index contributed by atoms with van der Waals surface area (Å²) in [6, 6.07) is 18.0. The molecule has 5 nitrogen and oxygen atoms in total. The maximum absolute atomic E-state index is 11.3. The number of hydrogen-bond donors (Lipinski definition) is 1. The molecule has 1 aliphatic rings. The van der Waals surface area contributed by atoms with Crippen LogP contribution in [0.3, 0.4) is 0 Å². The smallest absolute Gasteiger partial charge is 0.322 e. The number of rotatable bonds is 7. The predicted molar refractivity (Wildman–Crippen MR) is 101 cm³/mol. The monoisotopic (exact) mass is 354 g/mol. The molecule has 1 atom stereocenters. The first kappa shape index (κ1) is 18.4. The molecule has 0 saturated carbocycles. The summed E-state index contributed by atoms with van der Waals surface area (Å²) in [5, 5.41) is 9.31. The minimum Gasteiger partial charge on any atom is -0.493 e. The molecule has 1 heterocycles. The summed E-state index contributed by atoms with van der Waals surface area (Å²) in [5.74, 6) is 0.117. The summed E-state index contributed by atoms with van der Waals surface area (Å²) in [6.07, 6.45) is 0.889. The van der Waals surface area contributed by atoms with E-state index >= 15 is 0 Å². The second-order valence-corrected chi connectivity index (χ2v) is 6.80. The zero-order valence-corrected chi connectivity index (χ0v) is 15.2. The molecular weight excluding hydrogens is 328 g/mol. The van der Waals surface area contributed by atoms with Crippen LogP contribution in [0.5, 0.6) is 5.75 Å². The standard InChI is InChI=1S/C21H26N2O3/c1-22-12-13-23(16-20(22)21(24)25)15-18-7-9-19(10-8-18)26-14-11-17-5-3-2-4-6-17/h2-10,20H,11-16H2,1H3,(H,24,25)/t20-/m1/s1. The van der Waals surface area contributed by atoms with E-state index < -0.39 is 12.0 Å². The zero-order valence-electron chi connectivity index (χ0n) is 15.2. The number of aliphatic carboxylic acids is 1. The highest BCUT2D eigenvalue weighted by atomic mass is 16.5. The molecule has 0 spiro atoms. The third-order valence-electron chi connectivity index (χ3n) is 4.85. The first-order chi connectivity index (χ1) is 12.6. The lowest BCUT2D eigenvalue weighted by atomic mass is 10.1. The largest absolute Gasteiger partial charge is 0.493 e. The fourth-order valence-corrected chi connectivity index (χ4v) is 3.22. The van der Waals surface area contributed by atoms with Gasteiger partial charge in [-0.25, -0.2) is 0 Å². The molecule has 0 aliphatic carbocycles. The molecule has 1 fully saturated rings. The second-order valence-electron chi connectivity index (χ2n) is 6.80. The van der Waals surface area contributed by atoms with E-state index in [2.05, 4.69) is 29.2 Å². The Morgan fingerprint density at radius 3 is 2.50 bits per heavy atom. The second kappa shape index (κ2) is 8.83. The number of piperazine rings is 1. The van der Waals surface area contributed by atoms with E-state index in [1.54, 1.807) is 0 Å². The van der Waals surface area contributed by atoms with Gasteiger partial charge in [-0.05, 0) is 30.3 Å². The van der Waals surface area contributed by atoms with Gasteiger partial charge in [0.15, 0.2) is 0 Å². The number of carbonyl (C=O) groups is 1. The summed E-state index contributed by atoms with van der Waals surface area (Å²) in [4.78, 5) is 15.4. The van der Waals surface area contributed by atoms with Gasteiger partial charge in [-0.2, -0.15) is 0 Å². The molecule has 0 unspecified atom stereocenters. The van der Waals surface area contributed by atoms with Crippen LogP contribution in [0.25, 0.3) is 0 Å². The van der Waals surface area contributed by atoms with Crippen molar-refractivity contribution in [1.82, 2.24) is 9.80 Å². The molecule has 1 N–H and O–H groups in total. The molecule has 3 rings (SSSR count). The lowest BCUT2D eigenvalue weighted by Crippen LogP contribution is -2.54. The normalized spacial score (nSPS) is 18.6. The van der Waals surface area contributed by atoms with Gasteiger partial charge in [-0.1, -0.05) is 42.5 Å². The number of nitrogens with zero attached hydrogens (tertiary/aromatic N) is 2.